The molecule has 0 atom stereocenters. The van der Waals surface area contributed by atoms with Gasteiger partial charge in [0.25, 0.3) is 10.1 Å². The van der Waals surface area contributed by atoms with Crippen LogP contribution in [0.5, 0.6) is 0 Å². The number of nitrogens with zero attached hydrogens (tertiary/aromatic N) is 3. The molecule has 0 unspecified atom stereocenters. The van der Waals surface area contributed by atoms with Crippen LogP contribution in [-0.4, -0.2) is 33.6 Å². The highest BCUT2D eigenvalue weighted by Gasteiger charge is 2.35. The molecule has 1 N–H and O–H groups in total. The molecule has 0 amide bonds. The molecule has 1 aliphatic carbocycles. The van der Waals surface area contributed by atoms with Crippen molar-refractivity contribution in [2.75, 3.05) is 25.5 Å². The summed E-state index contributed by atoms with van der Waals surface area (Å²) in [5.41, 5.74) is 7.05. The van der Waals surface area contributed by atoms with Gasteiger partial charge in [0, 0.05) is 48.8 Å². The zero-order chi connectivity index (χ0) is 25.8. The summed E-state index contributed by atoms with van der Waals surface area (Å²) in [5, 5.41) is 12.4. The second-order valence-electron chi connectivity index (χ2n) is 10.4. The van der Waals surface area contributed by atoms with Crippen molar-refractivity contribution in [3.63, 3.8) is 0 Å². The summed E-state index contributed by atoms with van der Waals surface area (Å²) in [6.07, 6.45) is 1.95. The van der Waals surface area contributed by atoms with Crippen molar-refractivity contribution >= 4 is 21.4 Å². The van der Waals surface area contributed by atoms with Crippen LogP contribution in [0.3, 0.4) is 0 Å². The van der Waals surface area contributed by atoms with E-state index in [4.69, 9.17) is 0 Å². The standard InChI is InChI=1S/C29H29N3O3S/c1-29(2)26-15-21(31(3)4)9-12-23(26)25(17-30)24-14-20-6-5-13-32(28(20)16-27(24)29)18-19-7-10-22(11-8-19)36(33,34)35/h7-12,14-16H,5-6,13,18H2,1-4H3/p+1. The molecule has 184 valence electrons. The molecule has 7 heteroatoms. The molecule has 0 fully saturated rings. The first-order valence-corrected chi connectivity index (χ1v) is 13.5. The van der Waals surface area contributed by atoms with Gasteiger partial charge in [-0.3, -0.25) is 4.55 Å². The lowest BCUT2D eigenvalue weighted by Crippen LogP contribution is -2.42. The summed E-state index contributed by atoms with van der Waals surface area (Å²) in [7, 11) is -0.161. The van der Waals surface area contributed by atoms with E-state index in [1.807, 2.05) is 14.1 Å². The Kier molecular flexibility index (Phi) is 5.77. The van der Waals surface area contributed by atoms with Gasteiger partial charge in [-0.25, -0.2) is 4.58 Å². The zero-order valence-corrected chi connectivity index (χ0v) is 21.9. The Morgan fingerprint density at radius 2 is 1.78 bits per heavy atom. The van der Waals surface area contributed by atoms with E-state index in [-0.39, 0.29) is 10.3 Å². The largest absolute Gasteiger partial charge is 0.378 e. The number of hydrogen-bond acceptors (Lipinski definition) is 4. The Hall–Kier alpha value is -3.47. The van der Waals surface area contributed by atoms with Crippen molar-refractivity contribution in [1.82, 2.24) is 4.58 Å². The Labute approximate surface area is 212 Å². The number of rotatable bonds is 4. The number of fused-ring (bicyclic) bond motifs is 3. The number of anilines is 1. The maximum Gasteiger partial charge on any atom is 0.294 e. The molecule has 2 aliphatic rings. The van der Waals surface area contributed by atoms with Crippen LogP contribution in [0, 0.1) is 11.3 Å². The van der Waals surface area contributed by atoms with Gasteiger partial charge < -0.3 is 4.90 Å². The predicted octanol–water partition coefficient (Wildman–Crippen LogP) is 3.00. The second-order valence-corrected chi connectivity index (χ2v) is 11.8. The summed E-state index contributed by atoms with van der Waals surface area (Å²) >= 11 is 0. The fourth-order valence-electron chi connectivity index (χ4n) is 5.54. The third-order valence-electron chi connectivity index (χ3n) is 7.54. The Morgan fingerprint density at radius 1 is 1.06 bits per heavy atom. The first-order chi connectivity index (χ1) is 17.0. The van der Waals surface area contributed by atoms with Crippen LogP contribution in [0.15, 0.2) is 59.5 Å². The lowest BCUT2D eigenvalue weighted by atomic mass is 9.69. The third-order valence-corrected chi connectivity index (χ3v) is 8.41. The summed E-state index contributed by atoms with van der Waals surface area (Å²) < 4.78 is 34.4. The minimum atomic E-state index is -4.21. The predicted molar refractivity (Wildman–Crippen MR) is 141 cm³/mol. The molecule has 3 aromatic carbocycles. The van der Waals surface area contributed by atoms with E-state index in [0.29, 0.717) is 6.54 Å². The van der Waals surface area contributed by atoms with Crippen molar-refractivity contribution in [2.24, 2.45) is 0 Å². The van der Waals surface area contributed by atoms with Crippen LogP contribution in [0.1, 0.15) is 48.1 Å². The van der Waals surface area contributed by atoms with Crippen LogP contribution in [-0.2, 0) is 28.5 Å². The van der Waals surface area contributed by atoms with E-state index in [1.54, 1.807) is 12.1 Å². The average molecular weight is 501 g/mol. The highest BCUT2D eigenvalue weighted by Crippen LogP contribution is 2.39. The van der Waals surface area contributed by atoms with E-state index in [1.165, 1.54) is 17.7 Å². The van der Waals surface area contributed by atoms with Crippen molar-refractivity contribution < 1.29 is 13.0 Å². The van der Waals surface area contributed by atoms with Gasteiger partial charge in [0.05, 0.1) is 10.5 Å². The molecular weight excluding hydrogens is 470 g/mol. The molecule has 0 bridgehead atoms. The van der Waals surface area contributed by atoms with Gasteiger partial charge in [0.15, 0.2) is 6.54 Å². The summed E-state index contributed by atoms with van der Waals surface area (Å²) in [4.78, 5) is 1.98. The van der Waals surface area contributed by atoms with Gasteiger partial charge in [-0.1, -0.05) is 32.0 Å². The average Bonchev–Trinajstić information content (AvgIpc) is 2.83. The van der Waals surface area contributed by atoms with Gasteiger partial charge in [-0.2, -0.15) is 13.7 Å². The van der Waals surface area contributed by atoms with Crippen LogP contribution >= 0.6 is 0 Å². The summed E-state index contributed by atoms with van der Waals surface area (Å²) in [6.45, 7) is 5.98. The maximum absolute atomic E-state index is 11.4. The van der Waals surface area contributed by atoms with E-state index >= 15 is 0 Å². The van der Waals surface area contributed by atoms with Gasteiger partial charge in [-0.15, -0.1) is 0 Å². The third kappa shape index (κ3) is 4.01. The van der Waals surface area contributed by atoms with Gasteiger partial charge in [-0.05, 0) is 58.7 Å². The van der Waals surface area contributed by atoms with E-state index in [9.17, 15) is 18.2 Å². The van der Waals surface area contributed by atoms with Crippen LogP contribution in [0.2, 0.25) is 0 Å². The van der Waals surface area contributed by atoms with E-state index < -0.39 is 10.1 Å². The Balaban J connectivity index is 1.70. The number of aryl methyl sites for hydroxylation is 1. The quantitative estimate of drug-likeness (QED) is 0.440. The molecule has 1 heterocycles. The second kappa shape index (κ2) is 8.58. The first-order valence-electron chi connectivity index (χ1n) is 12.1. The Morgan fingerprint density at radius 3 is 2.42 bits per heavy atom. The van der Waals surface area contributed by atoms with Crippen LogP contribution < -0.4 is 20.1 Å². The molecule has 0 saturated heterocycles. The lowest BCUT2D eigenvalue weighted by molar-refractivity contribution is 0.483. The summed E-state index contributed by atoms with van der Waals surface area (Å²) in [5.74, 6) is 0. The Bertz CT molecular complexity index is 1660. The maximum atomic E-state index is 11.4. The van der Waals surface area contributed by atoms with Crippen molar-refractivity contribution in [3.05, 3.63) is 93.0 Å². The van der Waals surface area contributed by atoms with Crippen LogP contribution in [0.25, 0.3) is 5.57 Å². The number of nitriles is 1. The summed E-state index contributed by atoms with van der Waals surface area (Å²) in [6, 6.07) is 19.7. The number of hydrogen-bond donors (Lipinski definition) is 1. The highest BCUT2D eigenvalue weighted by atomic mass is 32.2. The van der Waals surface area contributed by atoms with Crippen molar-refractivity contribution in [3.8, 4) is 6.07 Å². The highest BCUT2D eigenvalue weighted by molar-refractivity contribution is 7.85. The molecule has 1 aliphatic heterocycles. The lowest BCUT2D eigenvalue weighted by Gasteiger charge is -2.34. The first kappa shape index (κ1) is 24.2. The molecule has 0 spiro atoms. The van der Waals surface area contributed by atoms with Gasteiger partial charge in [0.1, 0.15) is 12.6 Å². The molecule has 36 heavy (non-hydrogen) atoms. The molecule has 5 rings (SSSR count). The topological polar surface area (TPSA) is 84.4 Å². The number of benzene rings is 3. The normalized spacial score (nSPS) is 16.0. The zero-order valence-electron chi connectivity index (χ0n) is 21.0. The molecule has 0 radical (unpaired) electrons. The molecule has 3 aromatic rings. The van der Waals surface area contributed by atoms with E-state index in [2.05, 4.69) is 59.7 Å². The van der Waals surface area contributed by atoms with Gasteiger partial charge in [0.2, 0.25) is 5.36 Å². The fraction of sp³-hybridized carbons (Fsp3) is 0.310. The molecular formula is C29H30N3O3S+. The monoisotopic (exact) mass is 500 g/mol. The minimum absolute atomic E-state index is 0.101. The van der Waals surface area contributed by atoms with Crippen molar-refractivity contribution in [2.45, 2.75) is 43.5 Å². The SMILES string of the molecule is CN(C)c1ccc2c(c1)C(C)(C)c1cc3c(cc1=C2C#N)CCC[N+]=3Cc1ccc(S(=O)(=O)O)cc1. The molecule has 6 nitrogen and oxygen atoms in total. The van der Waals surface area contributed by atoms with Crippen LogP contribution in [0.4, 0.5) is 5.69 Å². The van der Waals surface area contributed by atoms with E-state index in [0.717, 1.165) is 63.5 Å². The minimum Gasteiger partial charge on any atom is -0.378 e. The molecule has 0 aromatic heterocycles. The van der Waals surface area contributed by atoms with Gasteiger partial charge >= 0.3 is 0 Å². The smallest absolute Gasteiger partial charge is 0.294 e. The van der Waals surface area contributed by atoms with Crippen molar-refractivity contribution in [1.29, 1.82) is 5.26 Å². The molecule has 0 saturated carbocycles. The fourth-order valence-corrected chi connectivity index (χ4v) is 6.02.